The van der Waals surface area contributed by atoms with E-state index < -0.39 is 0 Å². The van der Waals surface area contributed by atoms with Crippen molar-refractivity contribution >= 4 is 22.9 Å². The van der Waals surface area contributed by atoms with Crippen LogP contribution in [-0.2, 0) is 0 Å². The highest BCUT2D eigenvalue weighted by atomic mass is 32.1. The zero-order chi connectivity index (χ0) is 12.4. The summed E-state index contributed by atoms with van der Waals surface area (Å²) in [5.41, 5.74) is 8.87. The molecule has 0 radical (unpaired) electrons. The molecule has 3 nitrogen and oxygen atoms in total. The van der Waals surface area contributed by atoms with E-state index in [0.717, 1.165) is 36.2 Å². The standard InChI is InChI=1S/C13H18N2OS/c1-9-4-5-12(11(7-9)13(14)17)15-6-2-3-10(16)8-15/h4-5,7,10,16H,2-3,6,8H2,1H3,(H2,14,17). The molecule has 92 valence electrons. The van der Waals surface area contributed by atoms with Gasteiger partial charge in [-0.3, -0.25) is 0 Å². The molecule has 1 saturated heterocycles. The van der Waals surface area contributed by atoms with Crippen molar-refractivity contribution in [3.8, 4) is 0 Å². The van der Waals surface area contributed by atoms with Crippen molar-refractivity contribution < 1.29 is 5.11 Å². The van der Waals surface area contributed by atoms with Crippen LogP contribution in [-0.4, -0.2) is 29.3 Å². The molecular formula is C13H18N2OS. The summed E-state index contributed by atoms with van der Waals surface area (Å²) in [6.07, 6.45) is 1.64. The van der Waals surface area contributed by atoms with Crippen LogP contribution in [0.2, 0.25) is 0 Å². The lowest BCUT2D eigenvalue weighted by Crippen LogP contribution is -2.39. The summed E-state index contributed by atoms with van der Waals surface area (Å²) in [6.45, 7) is 3.64. The van der Waals surface area contributed by atoms with E-state index in [0.29, 0.717) is 11.5 Å². The monoisotopic (exact) mass is 250 g/mol. The van der Waals surface area contributed by atoms with Crippen LogP contribution in [0.3, 0.4) is 0 Å². The Labute approximate surface area is 107 Å². The van der Waals surface area contributed by atoms with Crippen molar-refractivity contribution in [3.63, 3.8) is 0 Å². The first-order chi connectivity index (χ1) is 8.08. The van der Waals surface area contributed by atoms with Gasteiger partial charge in [0.1, 0.15) is 4.99 Å². The number of piperidine rings is 1. The van der Waals surface area contributed by atoms with Crippen LogP contribution in [0.5, 0.6) is 0 Å². The number of nitrogens with zero attached hydrogens (tertiary/aromatic N) is 1. The van der Waals surface area contributed by atoms with Crippen LogP contribution in [0.4, 0.5) is 5.69 Å². The molecule has 0 saturated carbocycles. The average Bonchev–Trinajstić information content (AvgIpc) is 2.28. The zero-order valence-corrected chi connectivity index (χ0v) is 10.8. The van der Waals surface area contributed by atoms with Crippen molar-refractivity contribution in [2.24, 2.45) is 5.73 Å². The molecule has 0 aromatic heterocycles. The Morgan fingerprint density at radius 3 is 2.94 bits per heavy atom. The highest BCUT2D eigenvalue weighted by molar-refractivity contribution is 7.80. The Bertz CT molecular complexity index is 433. The number of aliphatic hydroxyl groups excluding tert-OH is 1. The molecule has 1 atom stereocenters. The lowest BCUT2D eigenvalue weighted by molar-refractivity contribution is 0.154. The Morgan fingerprint density at radius 2 is 2.29 bits per heavy atom. The normalized spacial score (nSPS) is 20.4. The van der Waals surface area contributed by atoms with Crippen molar-refractivity contribution in [1.29, 1.82) is 0 Å². The molecule has 1 aromatic carbocycles. The fourth-order valence-electron chi connectivity index (χ4n) is 2.30. The molecule has 1 aliphatic heterocycles. The van der Waals surface area contributed by atoms with Crippen LogP contribution in [0.1, 0.15) is 24.0 Å². The van der Waals surface area contributed by atoms with Gasteiger partial charge in [-0.1, -0.05) is 23.8 Å². The van der Waals surface area contributed by atoms with E-state index in [1.54, 1.807) is 0 Å². The van der Waals surface area contributed by atoms with E-state index >= 15 is 0 Å². The Morgan fingerprint density at radius 1 is 1.53 bits per heavy atom. The van der Waals surface area contributed by atoms with E-state index in [1.807, 2.05) is 19.1 Å². The smallest absolute Gasteiger partial charge is 0.106 e. The number of nitrogens with two attached hydrogens (primary N) is 1. The van der Waals surface area contributed by atoms with Gasteiger partial charge in [0, 0.05) is 24.3 Å². The van der Waals surface area contributed by atoms with E-state index in [-0.39, 0.29) is 6.10 Å². The number of aliphatic hydroxyl groups is 1. The van der Waals surface area contributed by atoms with Gasteiger partial charge in [-0.2, -0.15) is 0 Å². The Hall–Kier alpha value is -1.13. The van der Waals surface area contributed by atoms with E-state index in [4.69, 9.17) is 18.0 Å². The summed E-state index contributed by atoms with van der Waals surface area (Å²) < 4.78 is 0. The molecule has 17 heavy (non-hydrogen) atoms. The van der Waals surface area contributed by atoms with Gasteiger partial charge in [-0.05, 0) is 31.9 Å². The summed E-state index contributed by atoms with van der Waals surface area (Å²) in [6, 6.07) is 6.11. The molecule has 1 unspecified atom stereocenters. The van der Waals surface area contributed by atoms with E-state index in [9.17, 15) is 5.11 Å². The number of hydrogen-bond acceptors (Lipinski definition) is 3. The number of thiocarbonyl (C=S) groups is 1. The lowest BCUT2D eigenvalue weighted by Gasteiger charge is -2.33. The largest absolute Gasteiger partial charge is 0.391 e. The summed E-state index contributed by atoms with van der Waals surface area (Å²) >= 11 is 5.10. The van der Waals surface area contributed by atoms with Crippen molar-refractivity contribution in [2.75, 3.05) is 18.0 Å². The van der Waals surface area contributed by atoms with Crippen LogP contribution in [0, 0.1) is 6.92 Å². The van der Waals surface area contributed by atoms with Gasteiger partial charge in [-0.25, -0.2) is 0 Å². The molecule has 0 amide bonds. The second-order valence-electron chi connectivity index (χ2n) is 4.63. The Kier molecular flexibility index (Phi) is 3.64. The lowest BCUT2D eigenvalue weighted by atomic mass is 10.0. The summed E-state index contributed by atoms with van der Waals surface area (Å²) in [7, 11) is 0. The van der Waals surface area contributed by atoms with Gasteiger partial charge in [0.15, 0.2) is 0 Å². The summed E-state index contributed by atoms with van der Waals surface area (Å²) in [5, 5.41) is 9.72. The summed E-state index contributed by atoms with van der Waals surface area (Å²) in [5.74, 6) is 0. The highest BCUT2D eigenvalue weighted by Crippen LogP contribution is 2.25. The fourth-order valence-corrected chi connectivity index (χ4v) is 2.46. The van der Waals surface area contributed by atoms with Gasteiger partial charge in [0.05, 0.1) is 6.10 Å². The highest BCUT2D eigenvalue weighted by Gasteiger charge is 2.20. The van der Waals surface area contributed by atoms with Crippen LogP contribution in [0.15, 0.2) is 18.2 Å². The fraction of sp³-hybridized carbons (Fsp3) is 0.462. The Balaban J connectivity index is 2.33. The van der Waals surface area contributed by atoms with Gasteiger partial charge < -0.3 is 15.7 Å². The number of anilines is 1. The third-order valence-corrected chi connectivity index (χ3v) is 3.37. The molecule has 1 aliphatic rings. The molecule has 0 spiro atoms. The first-order valence-corrected chi connectivity index (χ1v) is 6.32. The number of aryl methyl sites for hydroxylation is 1. The second-order valence-corrected chi connectivity index (χ2v) is 5.07. The predicted octanol–water partition coefficient (Wildman–Crippen LogP) is 1.59. The van der Waals surface area contributed by atoms with Crippen molar-refractivity contribution in [2.45, 2.75) is 25.9 Å². The average molecular weight is 250 g/mol. The van der Waals surface area contributed by atoms with Crippen LogP contribution >= 0.6 is 12.2 Å². The predicted molar refractivity (Wildman–Crippen MR) is 74.5 cm³/mol. The number of benzene rings is 1. The summed E-state index contributed by atoms with van der Waals surface area (Å²) in [4.78, 5) is 2.59. The first-order valence-electron chi connectivity index (χ1n) is 5.91. The minimum Gasteiger partial charge on any atom is -0.391 e. The second kappa shape index (κ2) is 5.02. The van der Waals surface area contributed by atoms with Crippen molar-refractivity contribution in [1.82, 2.24) is 0 Å². The van der Waals surface area contributed by atoms with Crippen LogP contribution in [0.25, 0.3) is 0 Å². The maximum absolute atomic E-state index is 9.72. The number of hydrogen-bond donors (Lipinski definition) is 2. The number of rotatable bonds is 2. The maximum atomic E-state index is 9.72. The molecule has 3 N–H and O–H groups in total. The van der Waals surface area contributed by atoms with Crippen LogP contribution < -0.4 is 10.6 Å². The molecule has 1 aromatic rings. The van der Waals surface area contributed by atoms with Gasteiger partial charge in [-0.15, -0.1) is 0 Å². The van der Waals surface area contributed by atoms with Gasteiger partial charge in [0.25, 0.3) is 0 Å². The molecule has 0 bridgehead atoms. The third-order valence-electron chi connectivity index (χ3n) is 3.15. The molecular weight excluding hydrogens is 232 g/mol. The van der Waals surface area contributed by atoms with E-state index in [2.05, 4.69) is 11.0 Å². The third kappa shape index (κ3) is 2.76. The SMILES string of the molecule is Cc1ccc(N2CCCC(O)C2)c(C(N)=S)c1. The zero-order valence-electron chi connectivity index (χ0n) is 10.0. The quantitative estimate of drug-likeness (QED) is 0.783. The minimum absolute atomic E-state index is 0.246. The minimum atomic E-state index is -0.246. The molecule has 2 rings (SSSR count). The van der Waals surface area contributed by atoms with E-state index in [1.165, 1.54) is 0 Å². The molecule has 4 heteroatoms. The van der Waals surface area contributed by atoms with Crippen molar-refractivity contribution in [3.05, 3.63) is 29.3 Å². The first kappa shape index (κ1) is 12.3. The number of β-amino-alcohol motifs (C(OH)–C–C–N with tert-alkyl or cyclic N) is 1. The topological polar surface area (TPSA) is 49.5 Å². The molecule has 1 fully saturated rings. The molecule has 0 aliphatic carbocycles. The van der Waals surface area contributed by atoms with Gasteiger partial charge in [0.2, 0.25) is 0 Å². The van der Waals surface area contributed by atoms with Gasteiger partial charge >= 0.3 is 0 Å². The maximum Gasteiger partial charge on any atom is 0.106 e. The molecule has 1 heterocycles.